The average molecular weight is 200 g/mol. The molecule has 0 heterocycles. The lowest BCUT2D eigenvalue weighted by molar-refractivity contribution is -0.132. The normalized spacial score (nSPS) is 10.9. The van der Waals surface area contributed by atoms with E-state index in [2.05, 4.69) is 0 Å². The van der Waals surface area contributed by atoms with Crippen molar-refractivity contribution in [1.82, 2.24) is 9.80 Å². The first kappa shape index (κ1) is 12.6. The van der Waals surface area contributed by atoms with Crippen molar-refractivity contribution in [1.29, 1.82) is 0 Å². The van der Waals surface area contributed by atoms with Gasteiger partial charge in [-0.1, -0.05) is 0 Å². The summed E-state index contributed by atoms with van der Waals surface area (Å²) in [6.45, 7) is 1.33. The molecule has 0 rings (SSSR count). The highest BCUT2D eigenvalue weighted by Gasteiger charge is 2.04. The summed E-state index contributed by atoms with van der Waals surface area (Å²) in [6.07, 6.45) is 1.90. The first-order valence-electron chi connectivity index (χ1n) is 4.24. The summed E-state index contributed by atoms with van der Waals surface area (Å²) in [5, 5.41) is 8.30. The van der Waals surface area contributed by atoms with Crippen LogP contribution in [0.15, 0.2) is 12.2 Å². The predicted molar refractivity (Wildman–Crippen MR) is 53.0 cm³/mol. The van der Waals surface area contributed by atoms with Crippen LogP contribution in [0.3, 0.4) is 0 Å². The molecule has 5 heteroatoms. The van der Waals surface area contributed by atoms with Gasteiger partial charge in [0.05, 0.1) is 0 Å². The molecule has 0 atom stereocenters. The molecule has 0 unspecified atom stereocenters. The highest BCUT2D eigenvalue weighted by molar-refractivity contribution is 5.93. The van der Waals surface area contributed by atoms with E-state index in [1.54, 1.807) is 7.05 Å². The van der Waals surface area contributed by atoms with Gasteiger partial charge in [-0.15, -0.1) is 0 Å². The number of carboxylic acid groups (broad SMARTS) is 1. The van der Waals surface area contributed by atoms with Gasteiger partial charge in [0, 0.05) is 32.3 Å². The summed E-state index contributed by atoms with van der Waals surface area (Å²) < 4.78 is 0. The van der Waals surface area contributed by atoms with E-state index in [-0.39, 0.29) is 5.91 Å². The molecule has 1 amide bonds. The lowest BCUT2D eigenvalue weighted by Crippen LogP contribution is -2.32. The van der Waals surface area contributed by atoms with Gasteiger partial charge in [-0.3, -0.25) is 4.79 Å². The number of carbonyl (C=O) groups excluding carboxylic acids is 1. The van der Waals surface area contributed by atoms with Gasteiger partial charge in [0.2, 0.25) is 5.91 Å². The summed E-state index contributed by atoms with van der Waals surface area (Å²) >= 11 is 0. The van der Waals surface area contributed by atoms with Crippen LogP contribution in [0.5, 0.6) is 0 Å². The van der Waals surface area contributed by atoms with E-state index in [9.17, 15) is 9.59 Å². The van der Waals surface area contributed by atoms with Gasteiger partial charge in [0.25, 0.3) is 0 Å². The average Bonchev–Trinajstić information content (AvgIpc) is 2.09. The van der Waals surface area contributed by atoms with E-state index < -0.39 is 5.97 Å². The smallest absolute Gasteiger partial charge is 0.328 e. The van der Waals surface area contributed by atoms with Crippen molar-refractivity contribution in [3.8, 4) is 0 Å². The van der Waals surface area contributed by atoms with Gasteiger partial charge in [-0.25, -0.2) is 4.79 Å². The molecule has 0 spiro atoms. The minimum atomic E-state index is -1.11. The fraction of sp³-hybridized carbons (Fsp3) is 0.556. The van der Waals surface area contributed by atoms with E-state index in [1.165, 1.54) is 4.90 Å². The summed E-state index contributed by atoms with van der Waals surface area (Å²) in [6, 6.07) is 0. The third kappa shape index (κ3) is 6.19. The summed E-state index contributed by atoms with van der Waals surface area (Å²) in [5.41, 5.74) is 0. The number of carboxylic acids is 1. The first-order chi connectivity index (χ1) is 6.43. The Labute approximate surface area is 83.6 Å². The van der Waals surface area contributed by atoms with Crippen molar-refractivity contribution >= 4 is 11.9 Å². The van der Waals surface area contributed by atoms with E-state index >= 15 is 0 Å². The van der Waals surface area contributed by atoms with Crippen LogP contribution in [0.1, 0.15) is 0 Å². The molecule has 80 valence electrons. The molecule has 0 saturated carbocycles. The number of hydrogen-bond donors (Lipinski definition) is 1. The molecule has 5 nitrogen and oxygen atoms in total. The van der Waals surface area contributed by atoms with Gasteiger partial charge in [0.15, 0.2) is 0 Å². The summed E-state index contributed by atoms with van der Waals surface area (Å²) in [7, 11) is 5.45. The molecule has 0 fully saturated rings. The van der Waals surface area contributed by atoms with Gasteiger partial charge >= 0.3 is 5.97 Å². The number of aliphatic carboxylic acids is 1. The van der Waals surface area contributed by atoms with E-state index in [0.29, 0.717) is 6.54 Å². The molecule has 0 aliphatic carbocycles. The second kappa shape index (κ2) is 6.15. The third-order valence-electron chi connectivity index (χ3n) is 1.63. The Morgan fingerprint density at radius 3 is 2.14 bits per heavy atom. The number of rotatable bonds is 5. The molecular formula is C9H16N2O3. The highest BCUT2D eigenvalue weighted by Crippen LogP contribution is 1.88. The van der Waals surface area contributed by atoms with E-state index in [4.69, 9.17) is 5.11 Å². The van der Waals surface area contributed by atoms with Crippen LogP contribution in [0.4, 0.5) is 0 Å². The van der Waals surface area contributed by atoms with E-state index in [1.807, 2.05) is 19.0 Å². The molecule has 0 bridgehead atoms. The SMILES string of the molecule is CN(C)CCN(C)C(=O)C=CC(=O)O. The molecule has 0 aromatic carbocycles. The number of carbonyl (C=O) groups is 2. The molecule has 0 aromatic heterocycles. The fourth-order valence-electron chi connectivity index (χ4n) is 0.730. The lowest BCUT2D eigenvalue weighted by atomic mass is 10.4. The lowest BCUT2D eigenvalue weighted by Gasteiger charge is -2.17. The maximum atomic E-state index is 11.2. The first-order valence-corrected chi connectivity index (χ1v) is 4.24. The third-order valence-corrected chi connectivity index (χ3v) is 1.63. The standard InChI is InChI=1S/C9H16N2O3/c1-10(2)6-7-11(3)8(12)4-5-9(13)14/h4-5H,6-7H2,1-3H3,(H,13,14). The maximum absolute atomic E-state index is 11.2. The van der Waals surface area contributed by atoms with Gasteiger partial charge in [0.1, 0.15) is 0 Å². The van der Waals surface area contributed by atoms with Crippen LogP contribution in [0.2, 0.25) is 0 Å². The zero-order chi connectivity index (χ0) is 11.1. The minimum Gasteiger partial charge on any atom is -0.478 e. The largest absolute Gasteiger partial charge is 0.478 e. The van der Waals surface area contributed by atoms with Crippen molar-refractivity contribution < 1.29 is 14.7 Å². The van der Waals surface area contributed by atoms with Gasteiger partial charge in [-0.2, -0.15) is 0 Å². The van der Waals surface area contributed by atoms with Crippen LogP contribution < -0.4 is 0 Å². The summed E-state index contributed by atoms with van der Waals surface area (Å²) in [5.74, 6) is -1.41. The topological polar surface area (TPSA) is 60.9 Å². The van der Waals surface area contributed by atoms with Crippen molar-refractivity contribution in [2.75, 3.05) is 34.2 Å². The number of likely N-dealkylation sites (N-methyl/N-ethyl adjacent to an activating group) is 2. The molecule has 0 aromatic rings. The van der Waals surface area contributed by atoms with Crippen LogP contribution in [-0.2, 0) is 9.59 Å². The summed E-state index contributed by atoms with van der Waals surface area (Å²) in [4.78, 5) is 24.8. The van der Waals surface area contributed by atoms with Crippen molar-refractivity contribution in [3.63, 3.8) is 0 Å². The molecule has 14 heavy (non-hydrogen) atoms. The fourth-order valence-corrected chi connectivity index (χ4v) is 0.730. The maximum Gasteiger partial charge on any atom is 0.328 e. The zero-order valence-electron chi connectivity index (χ0n) is 8.73. The molecule has 0 radical (unpaired) electrons. The highest BCUT2D eigenvalue weighted by atomic mass is 16.4. The Balaban J connectivity index is 3.93. The number of amides is 1. The predicted octanol–water partition coefficient (Wildman–Crippen LogP) is -0.353. The van der Waals surface area contributed by atoms with Gasteiger partial charge in [-0.05, 0) is 14.1 Å². The van der Waals surface area contributed by atoms with Gasteiger partial charge < -0.3 is 14.9 Å². The monoisotopic (exact) mass is 200 g/mol. The minimum absolute atomic E-state index is 0.297. The number of nitrogens with zero attached hydrogens (tertiary/aromatic N) is 2. The molecule has 0 aliphatic rings. The van der Waals surface area contributed by atoms with Crippen LogP contribution in [0.25, 0.3) is 0 Å². The Morgan fingerprint density at radius 2 is 1.71 bits per heavy atom. The Hall–Kier alpha value is -1.36. The second-order valence-electron chi connectivity index (χ2n) is 3.23. The van der Waals surface area contributed by atoms with Crippen LogP contribution in [0, 0.1) is 0 Å². The zero-order valence-corrected chi connectivity index (χ0v) is 8.73. The quantitative estimate of drug-likeness (QED) is 0.616. The Bertz CT molecular complexity index is 236. The molecule has 0 saturated heterocycles. The van der Waals surface area contributed by atoms with Crippen LogP contribution >= 0.6 is 0 Å². The molecule has 1 N–H and O–H groups in total. The Morgan fingerprint density at radius 1 is 1.14 bits per heavy atom. The molecule has 0 aliphatic heterocycles. The molecular weight excluding hydrogens is 184 g/mol. The van der Waals surface area contributed by atoms with Crippen molar-refractivity contribution in [3.05, 3.63) is 12.2 Å². The van der Waals surface area contributed by atoms with E-state index in [0.717, 1.165) is 18.7 Å². The van der Waals surface area contributed by atoms with Crippen molar-refractivity contribution in [2.45, 2.75) is 0 Å². The second-order valence-corrected chi connectivity index (χ2v) is 3.23. The van der Waals surface area contributed by atoms with Crippen LogP contribution in [-0.4, -0.2) is 61.0 Å². The Kier molecular flexibility index (Phi) is 5.55. The van der Waals surface area contributed by atoms with Crippen molar-refractivity contribution in [2.24, 2.45) is 0 Å². The number of hydrogen-bond acceptors (Lipinski definition) is 3.